The van der Waals surface area contributed by atoms with Gasteiger partial charge >= 0.3 is 0 Å². The Bertz CT molecular complexity index is 223. The maximum Gasteiger partial charge on any atom is 0.191 e. The molecule has 0 saturated carbocycles. The lowest BCUT2D eigenvalue weighted by Crippen LogP contribution is -2.38. The van der Waals surface area contributed by atoms with Crippen LogP contribution in [-0.4, -0.2) is 30.5 Å². The fourth-order valence-electron chi connectivity index (χ4n) is 2.34. The molecule has 1 unspecified atom stereocenters. The van der Waals surface area contributed by atoms with Gasteiger partial charge in [0.05, 0.1) is 0 Å². The van der Waals surface area contributed by atoms with Crippen LogP contribution in [0.4, 0.5) is 0 Å². The lowest BCUT2D eigenvalue weighted by Gasteiger charge is -2.22. The molecule has 0 aliphatic carbocycles. The summed E-state index contributed by atoms with van der Waals surface area (Å²) in [4.78, 5) is 6.66. The smallest absolute Gasteiger partial charge is 0.191 e. The highest BCUT2D eigenvalue weighted by atomic mass is 15.2. The first kappa shape index (κ1) is 13.3. The predicted octanol–water partition coefficient (Wildman–Crippen LogP) is 2.47. The molecule has 16 heavy (non-hydrogen) atoms. The van der Waals surface area contributed by atoms with E-state index in [9.17, 15) is 0 Å². The highest BCUT2D eigenvalue weighted by Gasteiger charge is 2.20. The van der Waals surface area contributed by atoms with E-state index >= 15 is 0 Å². The van der Waals surface area contributed by atoms with Crippen molar-refractivity contribution in [2.45, 2.75) is 46.5 Å². The van der Waals surface area contributed by atoms with Crippen molar-refractivity contribution in [1.82, 2.24) is 4.90 Å². The minimum absolute atomic E-state index is 0.756. The molecule has 1 fully saturated rings. The number of nitrogens with zero attached hydrogens (tertiary/aromatic N) is 2. The summed E-state index contributed by atoms with van der Waals surface area (Å²) < 4.78 is 0. The summed E-state index contributed by atoms with van der Waals surface area (Å²) in [6.45, 7) is 9.82. The molecule has 0 aromatic rings. The van der Waals surface area contributed by atoms with Gasteiger partial charge in [0.25, 0.3) is 0 Å². The highest BCUT2D eigenvalue weighted by Crippen LogP contribution is 2.24. The summed E-state index contributed by atoms with van der Waals surface area (Å²) in [6, 6.07) is 0. The molecule has 3 heteroatoms. The summed E-state index contributed by atoms with van der Waals surface area (Å²) in [5, 5.41) is 0. The normalized spacial score (nSPS) is 23.6. The maximum atomic E-state index is 6.00. The van der Waals surface area contributed by atoms with Gasteiger partial charge in [-0.05, 0) is 37.5 Å². The van der Waals surface area contributed by atoms with Crippen LogP contribution in [-0.2, 0) is 0 Å². The third kappa shape index (κ3) is 4.03. The quantitative estimate of drug-likeness (QED) is 0.592. The zero-order valence-corrected chi connectivity index (χ0v) is 11.1. The lowest BCUT2D eigenvalue weighted by molar-refractivity contribution is 0.339. The molecule has 1 atom stereocenters. The zero-order valence-electron chi connectivity index (χ0n) is 11.1. The second-order valence-corrected chi connectivity index (χ2v) is 5.16. The Morgan fingerprint density at radius 3 is 2.75 bits per heavy atom. The minimum Gasteiger partial charge on any atom is -0.370 e. The minimum atomic E-state index is 0.756. The van der Waals surface area contributed by atoms with Gasteiger partial charge in [-0.3, -0.25) is 4.99 Å². The number of nitrogens with two attached hydrogens (primary N) is 1. The van der Waals surface area contributed by atoms with Crippen molar-refractivity contribution < 1.29 is 0 Å². The largest absolute Gasteiger partial charge is 0.370 e. The van der Waals surface area contributed by atoms with Gasteiger partial charge in [0.2, 0.25) is 0 Å². The van der Waals surface area contributed by atoms with Crippen molar-refractivity contribution >= 4 is 5.96 Å². The summed E-state index contributed by atoms with van der Waals surface area (Å²) in [5.41, 5.74) is 6.00. The van der Waals surface area contributed by atoms with Gasteiger partial charge in [-0.15, -0.1) is 0 Å². The number of hydrogen-bond donors (Lipinski definition) is 1. The Labute approximate surface area is 100 Å². The average molecular weight is 225 g/mol. The second kappa shape index (κ2) is 6.77. The van der Waals surface area contributed by atoms with Crippen molar-refractivity contribution in [1.29, 1.82) is 0 Å². The first-order valence-corrected chi connectivity index (χ1v) is 6.70. The fraction of sp³-hybridized carbons (Fsp3) is 0.923. The molecule has 0 spiro atoms. The summed E-state index contributed by atoms with van der Waals surface area (Å²) in [6.07, 6.45) is 4.93. The van der Waals surface area contributed by atoms with E-state index < -0.39 is 0 Å². The molecule has 3 nitrogen and oxygen atoms in total. The van der Waals surface area contributed by atoms with Crippen LogP contribution in [0.2, 0.25) is 0 Å². The Hall–Kier alpha value is -0.730. The van der Waals surface area contributed by atoms with Gasteiger partial charge in [-0.2, -0.15) is 0 Å². The topological polar surface area (TPSA) is 41.6 Å². The van der Waals surface area contributed by atoms with Gasteiger partial charge in [0.15, 0.2) is 5.96 Å². The van der Waals surface area contributed by atoms with Crippen LogP contribution in [0, 0.1) is 11.8 Å². The Morgan fingerprint density at radius 2 is 2.12 bits per heavy atom. The first-order chi connectivity index (χ1) is 7.65. The molecule has 0 aromatic heterocycles. The standard InChI is InChI=1S/C13H27N3/c1-4-8-15-13(14)16-9-5-6-12(7-10-16)11(2)3/h11-12H,4-10H2,1-3H3,(H2,14,15). The van der Waals surface area contributed by atoms with Crippen LogP contribution in [0.1, 0.15) is 46.5 Å². The maximum absolute atomic E-state index is 6.00. The van der Waals surface area contributed by atoms with E-state index in [0.29, 0.717) is 0 Å². The molecule has 0 bridgehead atoms. The number of hydrogen-bond acceptors (Lipinski definition) is 1. The first-order valence-electron chi connectivity index (χ1n) is 6.70. The van der Waals surface area contributed by atoms with Gasteiger partial charge in [0.1, 0.15) is 0 Å². The molecule has 0 radical (unpaired) electrons. The predicted molar refractivity (Wildman–Crippen MR) is 70.5 cm³/mol. The molecular weight excluding hydrogens is 198 g/mol. The molecular formula is C13H27N3. The van der Waals surface area contributed by atoms with Gasteiger partial charge < -0.3 is 10.6 Å². The van der Waals surface area contributed by atoms with Gasteiger partial charge in [-0.1, -0.05) is 20.8 Å². The molecule has 2 N–H and O–H groups in total. The molecule has 94 valence electrons. The molecule has 1 aliphatic rings. The van der Waals surface area contributed by atoms with Crippen molar-refractivity contribution in [3.05, 3.63) is 0 Å². The second-order valence-electron chi connectivity index (χ2n) is 5.16. The Balaban J connectivity index is 2.46. The Kier molecular flexibility index (Phi) is 5.64. The van der Waals surface area contributed by atoms with Crippen LogP contribution >= 0.6 is 0 Å². The number of likely N-dealkylation sites (tertiary alicyclic amines) is 1. The summed E-state index contributed by atoms with van der Waals surface area (Å²) in [5.74, 6) is 2.42. The van der Waals surface area contributed by atoms with E-state index in [1.54, 1.807) is 0 Å². The lowest BCUT2D eigenvalue weighted by atomic mass is 9.89. The number of rotatable bonds is 3. The molecule has 1 saturated heterocycles. The molecule has 0 amide bonds. The van der Waals surface area contributed by atoms with Crippen molar-refractivity contribution in [3.8, 4) is 0 Å². The SMILES string of the molecule is CCCN=C(N)N1CCCC(C(C)C)CC1. The fourth-order valence-corrected chi connectivity index (χ4v) is 2.34. The third-order valence-corrected chi connectivity index (χ3v) is 3.54. The number of aliphatic imine (C=N–C) groups is 1. The van der Waals surface area contributed by atoms with E-state index in [4.69, 9.17) is 5.73 Å². The number of guanidine groups is 1. The van der Waals surface area contributed by atoms with Gasteiger partial charge in [-0.25, -0.2) is 0 Å². The molecule has 1 aliphatic heterocycles. The van der Waals surface area contributed by atoms with E-state index in [0.717, 1.165) is 43.9 Å². The van der Waals surface area contributed by atoms with Crippen molar-refractivity contribution in [2.75, 3.05) is 19.6 Å². The summed E-state index contributed by atoms with van der Waals surface area (Å²) in [7, 11) is 0. The van der Waals surface area contributed by atoms with Crippen molar-refractivity contribution in [2.24, 2.45) is 22.6 Å². The van der Waals surface area contributed by atoms with Gasteiger partial charge in [0, 0.05) is 19.6 Å². The average Bonchev–Trinajstić information content (AvgIpc) is 2.51. The van der Waals surface area contributed by atoms with E-state index in [1.807, 2.05) is 0 Å². The molecule has 1 rings (SSSR count). The summed E-state index contributed by atoms with van der Waals surface area (Å²) >= 11 is 0. The Morgan fingerprint density at radius 1 is 1.38 bits per heavy atom. The monoisotopic (exact) mass is 225 g/mol. The van der Waals surface area contributed by atoms with E-state index in [2.05, 4.69) is 30.7 Å². The molecule has 0 aromatic carbocycles. The zero-order chi connectivity index (χ0) is 12.0. The highest BCUT2D eigenvalue weighted by molar-refractivity contribution is 5.78. The van der Waals surface area contributed by atoms with E-state index in [1.165, 1.54) is 19.3 Å². The van der Waals surface area contributed by atoms with Crippen LogP contribution in [0.15, 0.2) is 4.99 Å². The van der Waals surface area contributed by atoms with Crippen LogP contribution in [0.3, 0.4) is 0 Å². The van der Waals surface area contributed by atoms with Crippen LogP contribution < -0.4 is 5.73 Å². The van der Waals surface area contributed by atoms with Crippen molar-refractivity contribution in [3.63, 3.8) is 0 Å². The van der Waals surface area contributed by atoms with Crippen LogP contribution in [0.5, 0.6) is 0 Å². The molecule has 1 heterocycles. The van der Waals surface area contributed by atoms with E-state index in [-0.39, 0.29) is 0 Å². The third-order valence-electron chi connectivity index (χ3n) is 3.54. The van der Waals surface area contributed by atoms with Crippen LogP contribution in [0.25, 0.3) is 0 Å².